The predicted octanol–water partition coefficient (Wildman–Crippen LogP) is 4.92. The van der Waals surface area contributed by atoms with Gasteiger partial charge in [0.25, 0.3) is 0 Å². The van der Waals surface area contributed by atoms with Gasteiger partial charge in [0.05, 0.1) is 10.0 Å². The minimum Gasteiger partial charge on any atom is -0.459 e. The van der Waals surface area contributed by atoms with E-state index in [2.05, 4.69) is 0 Å². The monoisotopic (exact) mass is 370 g/mol. The molecule has 0 spiro atoms. The standard InChI is InChI=1S/C18H22Cl2NO3/c1-17(2)10-13(11-18(3,4)21(17)23)24-16(22)8-6-12-5-7-14(19)15(20)9-12/h5-9,13H,10-11H2,1-4H3/b8-6+. The van der Waals surface area contributed by atoms with Crippen molar-refractivity contribution in [1.82, 2.24) is 5.06 Å². The van der Waals surface area contributed by atoms with E-state index in [1.54, 1.807) is 24.3 Å². The van der Waals surface area contributed by atoms with Gasteiger partial charge in [-0.25, -0.2) is 4.79 Å². The molecule has 1 aromatic carbocycles. The zero-order valence-electron chi connectivity index (χ0n) is 14.3. The van der Waals surface area contributed by atoms with E-state index >= 15 is 0 Å². The number of ether oxygens (including phenoxy) is 1. The summed E-state index contributed by atoms with van der Waals surface area (Å²) in [5.41, 5.74) is -0.378. The second kappa shape index (κ2) is 7.04. The maximum atomic E-state index is 12.3. The summed E-state index contributed by atoms with van der Waals surface area (Å²) in [5.74, 6) is -0.433. The molecule has 1 heterocycles. The van der Waals surface area contributed by atoms with Gasteiger partial charge in [-0.3, -0.25) is 0 Å². The topological polar surface area (TPSA) is 49.4 Å². The summed E-state index contributed by atoms with van der Waals surface area (Å²) in [6.45, 7) is 7.47. The van der Waals surface area contributed by atoms with E-state index in [0.717, 1.165) is 10.6 Å². The highest BCUT2D eigenvalue weighted by molar-refractivity contribution is 6.42. The van der Waals surface area contributed by atoms with Crippen molar-refractivity contribution in [3.05, 3.63) is 39.9 Å². The molecule has 0 amide bonds. The van der Waals surface area contributed by atoms with Crippen LogP contribution in [0, 0.1) is 0 Å². The number of esters is 1. The summed E-state index contributed by atoms with van der Waals surface area (Å²) in [5, 5.41) is 14.3. The fraction of sp³-hybridized carbons (Fsp3) is 0.500. The van der Waals surface area contributed by atoms with Gasteiger partial charge in [-0.05, 0) is 51.5 Å². The van der Waals surface area contributed by atoms with Gasteiger partial charge in [0.1, 0.15) is 6.10 Å². The van der Waals surface area contributed by atoms with Gasteiger partial charge < -0.3 is 4.74 Å². The van der Waals surface area contributed by atoms with Crippen molar-refractivity contribution >= 4 is 35.2 Å². The van der Waals surface area contributed by atoms with Crippen LogP contribution in [0.2, 0.25) is 10.0 Å². The summed E-state index contributed by atoms with van der Waals surface area (Å²) >= 11 is 11.8. The van der Waals surface area contributed by atoms with Crippen LogP contribution in [0.25, 0.3) is 6.08 Å². The zero-order valence-corrected chi connectivity index (χ0v) is 15.8. The van der Waals surface area contributed by atoms with Gasteiger partial charge in [0.2, 0.25) is 0 Å². The molecule has 0 aromatic heterocycles. The molecule has 1 aromatic rings. The van der Waals surface area contributed by atoms with Gasteiger partial charge >= 0.3 is 5.97 Å². The van der Waals surface area contributed by atoms with Crippen LogP contribution in [0.4, 0.5) is 0 Å². The average Bonchev–Trinajstić information content (AvgIpc) is 2.45. The lowest BCUT2D eigenvalue weighted by atomic mass is 9.80. The van der Waals surface area contributed by atoms with Crippen LogP contribution >= 0.6 is 23.2 Å². The fourth-order valence-corrected chi connectivity index (χ4v) is 3.55. The number of piperidine rings is 1. The SMILES string of the molecule is CC1(C)CC(OC(=O)/C=C/c2ccc(Cl)c(Cl)c2)CC(C)(C)N1[O]. The molecule has 6 heteroatoms. The van der Waals surface area contributed by atoms with Crippen LogP contribution in [-0.4, -0.2) is 28.2 Å². The van der Waals surface area contributed by atoms with Gasteiger partial charge in [-0.2, -0.15) is 0 Å². The highest BCUT2D eigenvalue weighted by atomic mass is 35.5. The number of carbonyl (C=O) groups excluding carboxylic acids is 1. The molecule has 0 N–H and O–H groups in total. The lowest BCUT2D eigenvalue weighted by Crippen LogP contribution is -2.60. The first-order valence-corrected chi connectivity index (χ1v) is 8.58. The average molecular weight is 371 g/mol. The Hall–Kier alpha value is -1.07. The molecule has 0 unspecified atom stereocenters. The Morgan fingerprint density at radius 3 is 2.29 bits per heavy atom. The van der Waals surface area contributed by atoms with Crippen molar-refractivity contribution in [3.63, 3.8) is 0 Å². The van der Waals surface area contributed by atoms with Gasteiger partial charge in [-0.1, -0.05) is 29.3 Å². The van der Waals surface area contributed by atoms with E-state index in [0.29, 0.717) is 22.9 Å². The number of hydrogen-bond donors (Lipinski definition) is 0. The van der Waals surface area contributed by atoms with Gasteiger partial charge in [-0.15, -0.1) is 10.3 Å². The minimum absolute atomic E-state index is 0.286. The van der Waals surface area contributed by atoms with Gasteiger partial charge in [0, 0.05) is 30.0 Å². The quantitative estimate of drug-likeness (QED) is 0.560. The second-order valence-electron chi connectivity index (χ2n) is 7.39. The third-order valence-corrected chi connectivity index (χ3v) is 4.93. The van der Waals surface area contributed by atoms with Crippen molar-refractivity contribution in [2.45, 2.75) is 57.7 Å². The number of halogens is 2. The summed E-state index contributed by atoms with van der Waals surface area (Å²) in [7, 11) is 0. The molecule has 131 valence electrons. The molecule has 0 aliphatic carbocycles. The smallest absolute Gasteiger partial charge is 0.331 e. The maximum absolute atomic E-state index is 12.3. The molecular weight excluding hydrogens is 349 g/mol. The number of nitrogens with zero attached hydrogens (tertiary/aromatic N) is 1. The first-order chi connectivity index (χ1) is 11.0. The molecule has 0 atom stereocenters. The van der Waals surface area contributed by atoms with E-state index in [9.17, 15) is 10.0 Å². The fourth-order valence-electron chi connectivity index (χ4n) is 3.24. The van der Waals surface area contributed by atoms with Crippen LogP contribution in [0.3, 0.4) is 0 Å². The molecule has 1 aliphatic heterocycles. The Labute approximate surface area is 153 Å². The minimum atomic E-state index is -0.569. The van der Waals surface area contributed by atoms with Crippen LogP contribution in [0.5, 0.6) is 0 Å². The van der Waals surface area contributed by atoms with E-state index in [-0.39, 0.29) is 6.10 Å². The molecule has 2 rings (SSSR count). The zero-order chi connectivity index (χ0) is 18.1. The molecule has 1 saturated heterocycles. The lowest BCUT2D eigenvalue weighted by Gasteiger charge is -2.49. The highest BCUT2D eigenvalue weighted by Crippen LogP contribution is 2.38. The van der Waals surface area contributed by atoms with E-state index in [4.69, 9.17) is 27.9 Å². The number of rotatable bonds is 3. The molecule has 1 radical (unpaired) electrons. The molecule has 1 aliphatic rings. The number of carbonyl (C=O) groups is 1. The maximum Gasteiger partial charge on any atom is 0.331 e. The van der Waals surface area contributed by atoms with Crippen molar-refractivity contribution < 1.29 is 14.7 Å². The van der Waals surface area contributed by atoms with Crippen LogP contribution < -0.4 is 0 Å². The Balaban J connectivity index is 2.01. The molecular formula is C18H22Cl2NO3. The highest BCUT2D eigenvalue weighted by Gasteiger charge is 2.47. The number of hydroxylamine groups is 2. The normalized spacial score (nSPS) is 21.1. The lowest BCUT2D eigenvalue weighted by molar-refractivity contribution is -0.299. The van der Waals surface area contributed by atoms with Crippen LogP contribution in [0.1, 0.15) is 46.1 Å². The first kappa shape index (κ1) is 19.3. The molecule has 0 bridgehead atoms. The third kappa shape index (κ3) is 4.51. The molecule has 1 fully saturated rings. The largest absolute Gasteiger partial charge is 0.459 e. The molecule has 24 heavy (non-hydrogen) atoms. The van der Waals surface area contributed by atoms with Crippen molar-refractivity contribution in [2.24, 2.45) is 0 Å². The van der Waals surface area contributed by atoms with E-state index < -0.39 is 17.0 Å². The summed E-state index contributed by atoms with van der Waals surface area (Å²) in [4.78, 5) is 12.1. The Kier molecular flexibility index (Phi) is 5.65. The Morgan fingerprint density at radius 1 is 1.17 bits per heavy atom. The van der Waals surface area contributed by atoms with E-state index in [1.807, 2.05) is 27.7 Å². The molecule has 4 nitrogen and oxygen atoms in total. The number of hydrogen-bond acceptors (Lipinski definition) is 3. The van der Waals surface area contributed by atoms with Crippen molar-refractivity contribution in [3.8, 4) is 0 Å². The Morgan fingerprint density at radius 2 is 1.75 bits per heavy atom. The number of benzene rings is 1. The predicted molar refractivity (Wildman–Crippen MR) is 95.3 cm³/mol. The molecule has 0 saturated carbocycles. The summed E-state index contributed by atoms with van der Waals surface area (Å²) in [6, 6.07) is 5.11. The van der Waals surface area contributed by atoms with Crippen LogP contribution in [-0.2, 0) is 14.7 Å². The second-order valence-corrected chi connectivity index (χ2v) is 8.21. The summed E-state index contributed by atoms with van der Waals surface area (Å²) in [6.07, 6.45) is 3.72. The van der Waals surface area contributed by atoms with E-state index in [1.165, 1.54) is 6.08 Å². The summed E-state index contributed by atoms with van der Waals surface area (Å²) < 4.78 is 5.54. The van der Waals surface area contributed by atoms with Crippen molar-refractivity contribution in [2.75, 3.05) is 0 Å². The Bertz CT molecular complexity index is 638. The van der Waals surface area contributed by atoms with Crippen molar-refractivity contribution in [1.29, 1.82) is 0 Å². The first-order valence-electron chi connectivity index (χ1n) is 7.82. The van der Waals surface area contributed by atoms with Gasteiger partial charge in [0.15, 0.2) is 0 Å². The van der Waals surface area contributed by atoms with Crippen LogP contribution in [0.15, 0.2) is 24.3 Å². The third-order valence-electron chi connectivity index (χ3n) is 4.19.